The number of nitrogens with zero attached hydrogens (tertiary/aromatic N) is 2. The Labute approximate surface area is 132 Å². The minimum Gasteiger partial charge on any atom is -0.301 e. The Morgan fingerprint density at radius 2 is 1.91 bits per heavy atom. The van der Waals surface area contributed by atoms with E-state index in [1.807, 2.05) is 48.5 Å². The number of aliphatic imine (C=N–C) groups is 1. The van der Waals surface area contributed by atoms with E-state index < -0.39 is 0 Å². The van der Waals surface area contributed by atoms with E-state index in [0.29, 0.717) is 17.8 Å². The molecule has 0 bridgehead atoms. The van der Waals surface area contributed by atoms with E-state index in [2.05, 4.69) is 20.2 Å². The van der Waals surface area contributed by atoms with Crippen molar-refractivity contribution in [2.45, 2.75) is 6.42 Å². The molecule has 0 fully saturated rings. The Morgan fingerprint density at radius 3 is 2.78 bits per heavy atom. The van der Waals surface area contributed by atoms with E-state index in [1.54, 1.807) is 12.4 Å². The summed E-state index contributed by atoms with van der Waals surface area (Å²) in [5.74, 6) is 0.690. The topological polar surface area (TPSA) is 73.9 Å². The van der Waals surface area contributed by atoms with Gasteiger partial charge in [0, 0.05) is 35.7 Å². The first-order chi connectivity index (χ1) is 11.3. The lowest BCUT2D eigenvalue weighted by atomic mass is 10.0. The Morgan fingerprint density at radius 1 is 1.04 bits per heavy atom. The largest absolute Gasteiger partial charge is 0.301 e. The number of hydrogen-bond acceptors (Lipinski definition) is 3. The number of rotatable bonds is 3. The van der Waals surface area contributed by atoms with Gasteiger partial charge in [-0.3, -0.25) is 9.89 Å². The quantitative estimate of drug-likeness (QED) is 0.780. The molecule has 0 radical (unpaired) electrons. The van der Waals surface area contributed by atoms with Gasteiger partial charge in [0.15, 0.2) is 5.82 Å². The Bertz CT molecular complexity index is 964. The Kier molecular flexibility index (Phi) is 3.24. The third kappa shape index (κ3) is 2.53. The minimum atomic E-state index is -0.130. The molecular formula is C18H14N4O. The molecule has 0 amide bonds. The highest BCUT2D eigenvalue weighted by molar-refractivity contribution is 6.20. The number of allylic oxidation sites excluding steroid dienone is 1. The van der Waals surface area contributed by atoms with Crippen LogP contribution in [0.15, 0.2) is 58.4 Å². The molecule has 2 N–H and O–H groups in total. The second kappa shape index (κ2) is 5.53. The van der Waals surface area contributed by atoms with Crippen molar-refractivity contribution in [1.82, 2.24) is 15.2 Å². The smallest absolute Gasteiger partial charge is 0.271 e. The van der Waals surface area contributed by atoms with Crippen molar-refractivity contribution in [2.75, 3.05) is 0 Å². The molecule has 2 aromatic heterocycles. The Balaban J connectivity index is 1.74. The molecule has 0 atom stereocenters. The molecule has 0 unspecified atom stereocenters. The molecule has 23 heavy (non-hydrogen) atoms. The van der Waals surface area contributed by atoms with Crippen molar-refractivity contribution in [2.24, 2.45) is 4.99 Å². The summed E-state index contributed by atoms with van der Waals surface area (Å²) in [6.45, 7) is 0. The fourth-order valence-electron chi connectivity index (χ4n) is 2.69. The maximum absolute atomic E-state index is 12.1. The number of fused-ring (bicyclic) bond motifs is 1. The number of hydrogen-bond donors (Lipinski definition) is 2. The molecule has 0 spiro atoms. The third-order valence-electron chi connectivity index (χ3n) is 3.84. The summed E-state index contributed by atoms with van der Waals surface area (Å²) in [6.07, 6.45) is 5.99. The lowest BCUT2D eigenvalue weighted by molar-refractivity contribution is 0.982. The second-order valence-electron chi connectivity index (χ2n) is 5.37. The maximum atomic E-state index is 12.1. The van der Waals surface area contributed by atoms with Crippen LogP contribution >= 0.6 is 0 Å². The summed E-state index contributed by atoms with van der Waals surface area (Å²) in [7, 11) is 0. The SMILES string of the molecule is O=c1[nH][nH]c(Cc2ccccc2)c1C=C1C=Nc2ncccc21. The van der Waals surface area contributed by atoms with Crippen LogP contribution in [-0.2, 0) is 6.42 Å². The van der Waals surface area contributed by atoms with Crippen LogP contribution in [0.3, 0.4) is 0 Å². The van der Waals surface area contributed by atoms with Gasteiger partial charge in [-0.05, 0) is 23.8 Å². The van der Waals surface area contributed by atoms with Crippen molar-refractivity contribution in [3.63, 3.8) is 0 Å². The lowest BCUT2D eigenvalue weighted by Crippen LogP contribution is -2.03. The zero-order chi connectivity index (χ0) is 15.6. The predicted octanol–water partition coefficient (Wildman–Crippen LogP) is 2.95. The van der Waals surface area contributed by atoms with Crippen LogP contribution < -0.4 is 5.56 Å². The monoisotopic (exact) mass is 302 g/mol. The number of benzene rings is 1. The zero-order valence-electron chi connectivity index (χ0n) is 12.3. The van der Waals surface area contributed by atoms with Gasteiger partial charge in [0.1, 0.15) is 0 Å². The van der Waals surface area contributed by atoms with Gasteiger partial charge in [-0.25, -0.2) is 9.98 Å². The standard InChI is InChI=1S/C18H14N4O/c23-18-15(10-13-11-20-17-14(13)7-4-8-19-17)16(21-22-18)9-12-5-2-1-3-6-12/h1-8,10-11H,9H2,(H2,21,22,23). The normalized spacial score (nSPS) is 14.3. The van der Waals surface area contributed by atoms with Gasteiger partial charge in [0.2, 0.25) is 0 Å². The lowest BCUT2D eigenvalue weighted by Gasteiger charge is -2.01. The van der Waals surface area contributed by atoms with Gasteiger partial charge in [-0.2, -0.15) is 0 Å². The van der Waals surface area contributed by atoms with E-state index in [0.717, 1.165) is 22.4 Å². The van der Waals surface area contributed by atoms with Gasteiger partial charge in [0.05, 0.1) is 5.56 Å². The first-order valence-corrected chi connectivity index (χ1v) is 7.36. The molecule has 5 nitrogen and oxygen atoms in total. The van der Waals surface area contributed by atoms with Crippen LogP contribution in [0.1, 0.15) is 22.4 Å². The van der Waals surface area contributed by atoms with Gasteiger partial charge < -0.3 is 5.10 Å². The van der Waals surface area contributed by atoms with E-state index in [4.69, 9.17) is 0 Å². The molecule has 112 valence electrons. The van der Waals surface area contributed by atoms with Crippen LogP contribution in [0.5, 0.6) is 0 Å². The highest BCUT2D eigenvalue weighted by Gasteiger charge is 2.15. The fraction of sp³-hybridized carbons (Fsp3) is 0.0556. The maximum Gasteiger partial charge on any atom is 0.271 e. The average Bonchev–Trinajstić information content (AvgIpc) is 3.15. The number of nitrogens with one attached hydrogen (secondary N) is 2. The van der Waals surface area contributed by atoms with Crippen molar-refractivity contribution in [3.8, 4) is 0 Å². The van der Waals surface area contributed by atoms with Crippen molar-refractivity contribution in [1.29, 1.82) is 0 Å². The molecule has 5 heteroatoms. The van der Waals surface area contributed by atoms with Gasteiger partial charge in [-0.1, -0.05) is 30.3 Å². The zero-order valence-corrected chi connectivity index (χ0v) is 12.3. The van der Waals surface area contributed by atoms with Gasteiger partial charge >= 0.3 is 0 Å². The second-order valence-corrected chi connectivity index (χ2v) is 5.37. The summed E-state index contributed by atoms with van der Waals surface area (Å²) in [4.78, 5) is 20.6. The molecule has 1 aliphatic rings. The molecule has 0 saturated heterocycles. The summed E-state index contributed by atoms with van der Waals surface area (Å²) >= 11 is 0. The molecular weight excluding hydrogens is 288 g/mol. The van der Waals surface area contributed by atoms with Crippen LogP contribution in [0.4, 0.5) is 5.82 Å². The summed E-state index contributed by atoms with van der Waals surface area (Å²) < 4.78 is 0. The first kappa shape index (κ1) is 13.5. The number of pyridine rings is 1. The first-order valence-electron chi connectivity index (χ1n) is 7.36. The van der Waals surface area contributed by atoms with Crippen LogP contribution in [0, 0.1) is 0 Å². The van der Waals surface area contributed by atoms with Gasteiger partial charge in [0.25, 0.3) is 5.56 Å². The Hall–Kier alpha value is -3.21. The highest BCUT2D eigenvalue weighted by Crippen LogP contribution is 2.30. The van der Waals surface area contributed by atoms with Gasteiger partial charge in [-0.15, -0.1) is 0 Å². The number of H-pyrrole nitrogens is 2. The summed E-state index contributed by atoms with van der Waals surface area (Å²) in [6, 6.07) is 13.9. The molecule has 3 aromatic rings. The number of aromatic amines is 2. The van der Waals surface area contributed by atoms with Crippen molar-refractivity contribution < 1.29 is 0 Å². The van der Waals surface area contributed by atoms with E-state index in [1.165, 1.54) is 0 Å². The van der Waals surface area contributed by atoms with E-state index in [9.17, 15) is 4.79 Å². The average molecular weight is 302 g/mol. The molecule has 1 aliphatic heterocycles. The van der Waals surface area contributed by atoms with Crippen LogP contribution in [0.25, 0.3) is 11.6 Å². The van der Waals surface area contributed by atoms with Crippen molar-refractivity contribution in [3.05, 3.63) is 81.4 Å². The van der Waals surface area contributed by atoms with E-state index >= 15 is 0 Å². The van der Waals surface area contributed by atoms with Crippen molar-refractivity contribution >= 4 is 23.7 Å². The summed E-state index contributed by atoms with van der Waals surface area (Å²) in [5.41, 5.74) is 4.34. The molecule has 0 saturated carbocycles. The highest BCUT2D eigenvalue weighted by atomic mass is 16.1. The molecule has 3 heterocycles. The fourth-order valence-corrected chi connectivity index (χ4v) is 2.69. The summed E-state index contributed by atoms with van der Waals surface area (Å²) in [5, 5.41) is 5.65. The predicted molar refractivity (Wildman–Crippen MR) is 90.9 cm³/mol. The molecule has 1 aromatic carbocycles. The minimum absolute atomic E-state index is 0.130. The van der Waals surface area contributed by atoms with Crippen LogP contribution in [0.2, 0.25) is 0 Å². The third-order valence-corrected chi connectivity index (χ3v) is 3.84. The molecule has 4 rings (SSSR count). The number of aromatic nitrogens is 3. The van der Waals surface area contributed by atoms with Crippen LogP contribution in [-0.4, -0.2) is 21.4 Å². The van der Waals surface area contributed by atoms with E-state index in [-0.39, 0.29) is 5.56 Å². The molecule has 0 aliphatic carbocycles.